The SMILES string of the molecule is CCCCCCCCCCC(CCCCCCCCCC)c1[nH]cc[n+]1C(C)C. The van der Waals surface area contributed by atoms with Crippen molar-refractivity contribution in [3.8, 4) is 0 Å². The molecule has 0 atom stereocenters. The van der Waals surface area contributed by atoms with Crippen LogP contribution in [0.2, 0.25) is 0 Å². The summed E-state index contributed by atoms with van der Waals surface area (Å²) in [7, 11) is 0. The van der Waals surface area contributed by atoms with Gasteiger partial charge in [0.05, 0.1) is 12.0 Å². The first-order valence-electron chi connectivity index (χ1n) is 13.3. The third kappa shape index (κ3) is 12.5. The van der Waals surface area contributed by atoms with Crippen molar-refractivity contribution < 1.29 is 4.57 Å². The van der Waals surface area contributed by atoms with Crippen molar-refractivity contribution in [3.05, 3.63) is 18.2 Å². The molecule has 0 saturated carbocycles. The number of nitrogens with zero attached hydrogens (tertiary/aromatic N) is 1. The third-order valence-corrected chi connectivity index (χ3v) is 6.50. The Hall–Kier alpha value is -0.790. The molecule has 0 radical (unpaired) electrons. The summed E-state index contributed by atoms with van der Waals surface area (Å²) in [5.74, 6) is 2.19. The van der Waals surface area contributed by atoms with Gasteiger partial charge in [0.15, 0.2) is 0 Å². The Morgan fingerprint density at radius 3 is 1.48 bits per heavy atom. The van der Waals surface area contributed by atoms with E-state index in [1.807, 2.05) is 0 Å². The minimum atomic E-state index is 0.552. The van der Waals surface area contributed by atoms with E-state index in [-0.39, 0.29) is 0 Å². The van der Waals surface area contributed by atoms with Crippen molar-refractivity contribution in [2.45, 2.75) is 155 Å². The predicted octanol–water partition coefficient (Wildman–Crippen LogP) is 9.03. The van der Waals surface area contributed by atoms with Crippen LogP contribution in [0.3, 0.4) is 0 Å². The van der Waals surface area contributed by atoms with E-state index >= 15 is 0 Å². The number of rotatable bonds is 20. The van der Waals surface area contributed by atoms with Gasteiger partial charge in [-0.1, -0.05) is 117 Å². The largest absolute Gasteiger partial charge is 0.257 e. The van der Waals surface area contributed by atoms with E-state index in [4.69, 9.17) is 0 Å². The average Bonchev–Trinajstić information content (AvgIpc) is 3.20. The standard InChI is InChI=1S/C27H52N2/c1-5-7-9-11-13-15-17-19-21-26(27-28-23-24-29(27)25(3)4)22-20-18-16-14-12-10-8-6-2/h23-26H,5-22H2,1-4H3/p+1. The molecule has 0 unspecified atom stereocenters. The van der Waals surface area contributed by atoms with Gasteiger partial charge in [0.1, 0.15) is 12.4 Å². The number of hydrogen-bond acceptors (Lipinski definition) is 0. The second-order valence-electron chi connectivity index (χ2n) is 9.57. The normalized spacial score (nSPS) is 11.8. The monoisotopic (exact) mass is 405 g/mol. The van der Waals surface area contributed by atoms with Crippen molar-refractivity contribution in [3.63, 3.8) is 0 Å². The number of aromatic amines is 1. The van der Waals surface area contributed by atoms with Crippen LogP contribution in [0.15, 0.2) is 12.4 Å². The van der Waals surface area contributed by atoms with E-state index in [0.717, 1.165) is 0 Å². The summed E-state index contributed by atoms with van der Waals surface area (Å²) in [5.41, 5.74) is 0. The van der Waals surface area contributed by atoms with Crippen LogP contribution in [-0.2, 0) is 0 Å². The van der Waals surface area contributed by atoms with E-state index in [9.17, 15) is 0 Å². The fourth-order valence-electron chi connectivity index (χ4n) is 4.60. The molecule has 0 fully saturated rings. The van der Waals surface area contributed by atoms with E-state index in [1.54, 1.807) is 0 Å². The van der Waals surface area contributed by atoms with Crippen LogP contribution in [0.4, 0.5) is 0 Å². The van der Waals surface area contributed by atoms with Crippen molar-refractivity contribution >= 4 is 0 Å². The smallest absolute Gasteiger partial charge is 0.247 e. The molecule has 0 amide bonds. The maximum absolute atomic E-state index is 3.60. The Labute approximate surface area is 183 Å². The van der Waals surface area contributed by atoms with Crippen LogP contribution in [-0.4, -0.2) is 4.98 Å². The molecule has 1 aromatic rings. The molecule has 0 aromatic carbocycles. The highest BCUT2D eigenvalue weighted by Gasteiger charge is 2.23. The molecule has 2 nitrogen and oxygen atoms in total. The van der Waals surface area contributed by atoms with E-state index in [2.05, 4.69) is 49.6 Å². The lowest BCUT2D eigenvalue weighted by Crippen LogP contribution is -2.39. The first-order valence-corrected chi connectivity index (χ1v) is 13.3. The average molecular weight is 406 g/mol. The summed E-state index contributed by atoms with van der Waals surface area (Å²) >= 11 is 0. The van der Waals surface area contributed by atoms with Crippen LogP contribution in [0.5, 0.6) is 0 Å². The molecule has 0 aliphatic heterocycles. The first-order chi connectivity index (χ1) is 14.2. The van der Waals surface area contributed by atoms with E-state index in [1.165, 1.54) is 121 Å². The van der Waals surface area contributed by atoms with Crippen molar-refractivity contribution in [1.29, 1.82) is 0 Å². The Kier molecular flexibility index (Phi) is 16.3. The van der Waals surface area contributed by atoms with Crippen molar-refractivity contribution in [2.75, 3.05) is 0 Å². The molecule has 0 aliphatic rings. The highest BCUT2D eigenvalue weighted by Crippen LogP contribution is 2.26. The summed E-state index contributed by atoms with van der Waals surface area (Å²) in [5, 5.41) is 0. The molecule has 29 heavy (non-hydrogen) atoms. The topological polar surface area (TPSA) is 19.7 Å². The summed E-state index contributed by atoms with van der Waals surface area (Å²) in [6.45, 7) is 9.22. The Balaban J connectivity index is 2.34. The molecule has 1 aromatic heterocycles. The Morgan fingerprint density at radius 2 is 1.07 bits per heavy atom. The van der Waals surface area contributed by atoms with Crippen LogP contribution in [0.25, 0.3) is 0 Å². The maximum Gasteiger partial charge on any atom is 0.257 e. The highest BCUT2D eigenvalue weighted by atomic mass is 15.1. The molecule has 1 heterocycles. The van der Waals surface area contributed by atoms with Gasteiger partial charge in [-0.05, 0) is 26.7 Å². The third-order valence-electron chi connectivity index (χ3n) is 6.50. The highest BCUT2D eigenvalue weighted by molar-refractivity contribution is 4.90. The summed E-state index contributed by atoms with van der Waals surface area (Å²) in [4.78, 5) is 3.60. The summed E-state index contributed by atoms with van der Waals surface area (Å²) < 4.78 is 2.47. The van der Waals surface area contributed by atoms with Gasteiger partial charge >= 0.3 is 0 Å². The number of aromatic nitrogens is 2. The fraction of sp³-hybridized carbons (Fsp3) is 0.889. The zero-order chi connectivity index (χ0) is 21.2. The van der Waals surface area contributed by atoms with Crippen LogP contribution in [0.1, 0.15) is 161 Å². The predicted molar refractivity (Wildman–Crippen MR) is 129 cm³/mol. The van der Waals surface area contributed by atoms with Crippen LogP contribution < -0.4 is 4.57 Å². The second kappa shape index (κ2) is 18.0. The first kappa shape index (κ1) is 26.2. The zero-order valence-corrected chi connectivity index (χ0v) is 20.5. The van der Waals surface area contributed by atoms with Gasteiger partial charge in [0.25, 0.3) is 5.82 Å². The second-order valence-corrected chi connectivity index (χ2v) is 9.57. The molecule has 0 spiro atoms. The van der Waals surface area contributed by atoms with E-state index in [0.29, 0.717) is 12.0 Å². The summed E-state index contributed by atoms with van der Waals surface area (Å²) in [6, 6.07) is 0.552. The molecule has 170 valence electrons. The molecular formula is C27H53N2+. The number of nitrogens with one attached hydrogen (secondary N) is 1. The minimum absolute atomic E-state index is 0.552. The Bertz CT molecular complexity index is 443. The molecule has 2 heteroatoms. The molecule has 0 aliphatic carbocycles. The van der Waals surface area contributed by atoms with Gasteiger partial charge in [-0.3, -0.25) is 0 Å². The maximum atomic E-state index is 3.60. The van der Waals surface area contributed by atoms with Gasteiger partial charge in [0, 0.05) is 0 Å². The number of unbranched alkanes of at least 4 members (excludes halogenated alkanes) is 14. The number of H-pyrrole nitrogens is 1. The fourth-order valence-corrected chi connectivity index (χ4v) is 4.60. The van der Waals surface area contributed by atoms with Crippen LogP contribution in [0, 0.1) is 0 Å². The van der Waals surface area contributed by atoms with Gasteiger partial charge in [0.2, 0.25) is 0 Å². The zero-order valence-electron chi connectivity index (χ0n) is 20.5. The quantitative estimate of drug-likeness (QED) is 0.165. The van der Waals surface area contributed by atoms with Gasteiger partial charge < -0.3 is 0 Å². The lowest BCUT2D eigenvalue weighted by Gasteiger charge is -2.15. The summed E-state index contributed by atoms with van der Waals surface area (Å²) in [6.07, 6.45) is 29.8. The van der Waals surface area contributed by atoms with Gasteiger partial charge in [-0.15, -0.1) is 0 Å². The number of imidazole rings is 1. The lowest BCUT2D eigenvalue weighted by molar-refractivity contribution is -0.723. The number of hydrogen-bond donors (Lipinski definition) is 1. The van der Waals surface area contributed by atoms with Gasteiger partial charge in [-0.25, -0.2) is 9.55 Å². The van der Waals surface area contributed by atoms with Crippen molar-refractivity contribution in [2.24, 2.45) is 0 Å². The molecule has 0 bridgehead atoms. The lowest BCUT2D eigenvalue weighted by atomic mass is 9.93. The van der Waals surface area contributed by atoms with Crippen LogP contribution >= 0.6 is 0 Å². The van der Waals surface area contributed by atoms with Crippen molar-refractivity contribution in [1.82, 2.24) is 4.98 Å². The molecule has 0 saturated heterocycles. The molecule has 1 N–H and O–H groups in total. The molecular weight excluding hydrogens is 352 g/mol. The minimum Gasteiger partial charge on any atom is -0.247 e. The molecule has 1 rings (SSSR count). The Morgan fingerprint density at radius 1 is 0.655 bits per heavy atom. The van der Waals surface area contributed by atoms with Gasteiger partial charge in [-0.2, -0.15) is 0 Å². The van der Waals surface area contributed by atoms with E-state index < -0.39 is 0 Å².